The Morgan fingerprint density at radius 2 is 2.00 bits per heavy atom. The maximum Gasteiger partial charge on any atom is 0.191 e. The van der Waals surface area contributed by atoms with Crippen LogP contribution in [-0.4, -0.2) is 47.0 Å². The third-order valence-electron chi connectivity index (χ3n) is 6.14. The van der Waals surface area contributed by atoms with Crippen LogP contribution in [0.15, 0.2) is 4.99 Å². The van der Waals surface area contributed by atoms with Crippen LogP contribution in [0.4, 0.5) is 0 Å². The van der Waals surface area contributed by atoms with Crippen molar-refractivity contribution in [2.24, 2.45) is 17.5 Å². The molecule has 2 aliphatic carbocycles. The molecule has 0 unspecified atom stereocenters. The number of nitrogens with one attached hydrogen (secondary N) is 2. The molecule has 0 bridgehead atoms. The molecule has 7 nitrogen and oxygen atoms in total. The number of nitrogens with zero attached hydrogens (tertiary/aromatic N) is 4. The van der Waals surface area contributed by atoms with Crippen LogP contribution in [0, 0.1) is 12.3 Å². The molecule has 0 aliphatic heterocycles. The summed E-state index contributed by atoms with van der Waals surface area (Å²) in [6, 6.07) is 0.541. The molecule has 8 heteroatoms. The summed E-state index contributed by atoms with van der Waals surface area (Å²) in [6.07, 6.45) is 10.1. The summed E-state index contributed by atoms with van der Waals surface area (Å²) in [4.78, 5) is 4.81. The van der Waals surface area contributed by atoms with Crippen molar-refractivity contribution in [1.29, 1.82) is 0 Å². The third kappa shape index (κ3) is 6.04. The average Bonchev–Trinajstić information content (AvgIpc) is 3.22. The van der Waals surface area contributed by atoms with Gasteiger partial charge in [0.25, 0.3) is 0 Å². The molecule has 0 aromatic carbocycles. The Balaban J connectivity index is 0.00000261. The second-order valence-corrected chi connectivity index (χ2v) is 7.96. The smallest absolute Gasteiger partial charge is 0.191 e. The molecule has 27 heavy (non-hydrogen) atoms. The van der Waals surface area contributed by atoms with E-state index in [0.29, 0.717) is 18.0 Å². The molecule has 2 fully saturated rings. The zero-order valence-corrected chi connectivity index (χ0v) is 19.3. The number of halogens is 1. The van der Waals surface area contributed by atoms with Crippen molar-refractivity contribution in [2.45, 2.75) is 70.9 Å². The van der Waals surface area contributed by atoms with Crippen LogP contribution in [0.3, 0.4) is 0 Å². The van der Waals surface area contributed by atoms with Gasteiger partial charge in [0, 0.05) is 33.4 Å². The minimum absolute atomic E-state index is 0. The molecule has 0 atom stereocenters. The highest BCUT2D eigenvalue weighted by atomic mass is 127. The van der Waals surface area contributed by atoms with E-state index in [0.717, 1.165) is 37.2 Å². The largest absolute Gasteiger partial charge is 0.385 e. The Bertz CT molecular complexity index is 607. The predicted molar refractivity (Wildman–Crippen MR) is 118 cm³/mol. The lowest BCUT2D eigenvalue weighted by Gasteiger charge is -2.42. The maximum absolute atomic E-state index is 5.32. The fourth-order valence-electron chi connectivity index (χ4n) is 3.94. The number of ether oxygens (including phenoxy) is 1. The molecule has 2 aliphatic rings. The molecule has 1 aromatic rings. The number of guanidine groups is 1. The molecule has 2 N–H and O–H groups in total. The zero-order valence-electron chi connectivity index (χ0n) is 17.0. The van der Waals surface area contributed by atoms with Gasteiger partial charge in [-0.15, -0.1) is 34.2 Å². The van der Waals surface area contributed by atoms with E-state index in [1.807, 2.05) is 18.5 Å². The molecule has 154 valence electrons. The van der Waals surface area contributed by atoms with Gasteiger partial charge in [-0.1, -0.05) is 19.3 Å². The van der Waals surface area contributed by atoms with Gasteiger partial charge >= 0.3 is 0 Å². The number of hydrogen-bond acceptors (Lipinski definition) is 4. The van der Waals surface area contributed by atoms with Gasteiger partial charge < -0.3 is 19.9 Å². The van der Waals surface area contributed by atoms with Crippen molar-refractivity contribution in [2.75, 3.05) is 20.3 Å². The van der Waals surface area contributed by atoms with E-state index < -0.39 is 0 Å². The predicted octanol–water partition coefficient (Wildman–Crippen LogP) is 2.93. The maximum atomic E-state index is 5.32. The van der Waals surface area contributed by atoms with Crippen molar-refractivity contribution in [3.05, 3.63) is 11.6 Å². The van der Waals surface area contributed by atoms with Gasteiger partial charge in [-0.2, -0.15) is 0 Å². The molecule has 1 aromatic heterocycles. The lowest BCUT2D eigenvalue weighted by molar-refractivity contribution is 0.0732. The van der Waals surface area contributed by atoms with Gasteiger partial charge in [0.2, 0.25) is 0 Å². The first-order chi connectivity index (χ1) is 12.6. The molecular formula is C19H35IN6O. The Morgan fingerprint density at radius 1 is 1.26 bits per heavy atom. The van der Waals surface area contributed by atoms with Gasteiger partial charge in [-0.25, -0.2) is 4.99 Å². The lowest BCUT2D eigenvalue weighted by Crippen LogP contribution is -2.49. The van der Waals surface area contributed by atoms with E-state index in [-0.39, 0.29) is 24.0 Å². The van der Waals surface area contributed by atoms with E-state index in [9.17, 15) is 0 Å². The zero-order chi connectivity index (χ0) is 18.4. The molecule has 0 radical (unpaired) electrons. The number of rotatable bonds is 8. The topological polar surface area (TPSA) is 76.4 Å². The summed E-state index contributed by atoms with van der Waals surface area (Å²) >= 11 is 0. The van der Waals surface area contributed by atoms with E-state index in [1.54, 1.807) is 7.11 Å². The van der Waals surface area contributed by atoms with Crippen molar-refractivity contribution in [3.63, 3.8) is 0 Å². The van der Waals surface area contributed by atoms with Gasteiger partial charge in [-0.3, -0.25) is 0 Å². The first-order valence-electron chi connectivity index (χ1n) is 10.0. The highest BCUT2D eigenvalue weighted by Crippen LogP contribution is 2.43. The average molecular weight is 490 g/mol. The fraction of sp³-hybridized carbons (Fsp3) is 0.842. The van der Waals surface area contributed by atoms with Crippen LogP contribution in [0.5, 0.6) is 0 Å². The van der Waals surface area contributed by atoms with Gasteiger partial charge in [0.05, 0.1) is 0 Å². The fourth-order valence-corrected chi connectivity index (χ4v) is 3.94. The lowest BCUT2D eigenvalue weighted by atomic mass is 9.67. The molecular weight excluding hydrogens is 455 g/mol. The quantitative estimate of drug-likeness (QED) is 0.333. The van der Waals surface area contributed by atoms with Gasteiger partial charge in [0.1, 0.15) is 12.4 Å². The molecule has 0 saturated heterocycles. The highest BCUT2D eigenvalue weighted by Gasteiger charge is 2.36. The van der Waals surface area contributed by atoms with Crippen LogP contribution < -0.4 is 10.6 Å². The van der Waals surface area contributed by atoms with Crippen LogP contribution in [0.25, 0.3) is 0 Å². The minimum atomic E-state index is 0. The number of aliphatic imine (C=N–C) groups is 1. The summed E-state index contributed by atoms with van der Waals surface area (Å²) in [7, 11) is 3.78. The Morgan fingerprint density at radius 3 is 2.56 bits per heavy atom. The van der Waals surface area contributed by atoms with Crippen LogP contribution >= 0.6 is 24.0 Å². The second kappa shape index (κ2) is 10.6. The Labute approximate surface area is 180 Å². The van der Waals surface area contributed by atoms with Crippen LogP contribution in [0.2, 0.25) is 0 Å². The van der Waals surface area contributed by atoms with Gasteiger partial charge in [0.15, 0.2) is 11.8 Å². The van der Waals surface area contributed by atoms with Crippen molar-refractivity contribution < 1.29 is 4.74 Å². The minimum Gasteiger partial charge on any atom is -0.385 e. The van der Waals surface area contributed by atoms with E-state index in [1.165, 1.54) is 44.9 Å². The number of hydrogen-bond donors (Lipinski definition) is 2. The third-order valence-corrected chi connectivity index (χ3v) is 6.14. The summed E-state index contributed by atoms with van der Waals surface area (Å²) in [5.41, 5.74) is 0.371. The first-order valence-corrected chi connectivity index (χ1v) is 10.0. The van der Waals surface area contributed by atoms with Crippen molar-refractivity contribution in [3.8, 4) is 0 Å². The molecule has 0 spiro atoms. The number of aromatic nitrogens is 3. The summed E-state index contributed by atoms with van der Waals surface area (Å²) in [5.74, 6) is 2.73. The van der Waals surface area contributed by atoms with E-state index >= 15 is 0 Å². The first kappa shape index (κ1) is 22.4. The molecule has 2 saturated carbocycles. The molecule has 0 amide bonds. The molecule has 1 heterocycles. The second-order valence-electron chi connectivity index (χ2n) is 7.96. The van der Waals surface area contributed by atoms with Crippen molar-refractivity contribution >= 4 is 29.9 Å². The van der Waals surface area contributed by atoms with Crippen LogP contribution in [-0.2, 0) is 18.3 Å². The summed E-state index contributed by atoms with van der Waals surface area (Å²) in [6.45, 7) is 4.31. The standard InChI is InChI=1S/C19H34N6O.HI/c1-15-23-24-17(25(15)2)13-20-18(22-16-7-4-5-8-16)21-14-19(9-6-10-19)11-12-26-3;/h16H,4-14H2,1-3H3,(H2,20,21,22);1H. The number of methoxy groups -OCH3 is 1. The summed E-state index contributed by atoms with van der Waals surface area (Å²) in [5, 5.41) is 15.6. The normalized spacial score (nSPS) is 19.4. The van der Waals surface area contributed by atoms with Crippen molar-refractivity contribution in [1.82, 2.24) is 25.4 Å². The van der Waals surface area contributed by atoms with E-state index in [2.05, 4.69) is 20.8 Å². The Kier molecular flexibility index (Phi) is 8.78. The van der Waals surface area contributed by atoms with Gasteiger partial charge in [-0.05, 0) is 44.4 Å². The Hall–Kier alpha value is -0.900. The molecule has 3 rings (SSSR count). The van der Waals surface area contributed by atoms with Crippen LogP contribution in [0.1, 0.15) is 63.0 Å². The number of aryl methyl sites for hydroxylation is 1. The highest BCUT2D eigenvalue weighted by molar-refractivity contribution is 14.0. The summed E-state index contributed by atoms with van der Waals surface area (Å²) < 4.78 is 7.32. The van der Waals surface area contributed by atoms with E-state index in [4.69, 9.17) is 9.73 Å². The monoisotopic (exact) mass is 490 g/mol. The SMILES string of the molecule is COCCC1(CNC(=NCc2nnc(C)n2C)NC2CCCC2)CCC1.I.